The van der Waals surface area contributed by atoms with E-state index in [9.17, 15) is 0 Å². The molecule has 0 N–H and O–H groups in total. The van der Waals surface area contributed by atoms with E-state index in [2.05, 4.69) is 30.7 Å². The maximum atomic E-state index is 4.81. The van der Waals surface area contributed by atoms with Crippen LogP contribution in [0.1, 0.15) is 26.7 Å². The van der Waals surface area contributed by atoms with Gasteiger partial charge in [0, 0.05) is 33.1 Å². The molecule has 1 aromatic carbocycles. The summed E-state index contributed by atoms with van der Waals surface area (Å²) < 4.78 is 0. The first kappa shape index (κ1) is 14.6. The highest BCUT2D eigenvalue weighted by Crippen LogP contribution is 2.14. The molecule has 4 heteroatoms. The van der Waals surface area contributed by atoms with Crippen molar-refractivity contribution in [3.63, 3.8) is 0 Å². The minimum atomic E-state index is 0.824. The number of rotatable bonds is 3. The van der Waals surface area contributed by atoms with Gasteiger partial charge in [-0.15, -0.1) is 0 Å². The zero-order valence-electron chi connectivity index (χ0n) is 12.7. The van der Waals surface area contributed by atoms with Crippen LogP contribution in [-0.4, -0.2) is 48.3 Å². The summed E-state index contributed by atoms with van der Waals surface area (Å²) in [6.45, 7) is 7.21. The molecule has 1 saturated heterocycles. The Hall–Kier alpha value is -1.84. The first-order valence-electron chi connectivity index (χ1n) is 7.42. The topological polar surface area (TPSA) is 31.2 Å². The van der Waals surface area contributed by atoms with Crippen LogP contribution in [0.25, 0.3) is 0 Å². The van der Waals surface area contributed by atoms with Crippen LogP contribution in [0.4, 0.5) is 5.69 Å². The Bertz CT molecular complexity index is 475. The number of guanidine groups is 1. The summed E-state index contributed by atoms with van der Waals surface area (Å²) in [5.41, 5.74) is 0.958. The van der Waals surface area contributed by atoms with Gasteiger partial charge in [0.05, 0.1) is 5.69 Å². The maximum absolute atomic E-state index is 4.81. The highest BCUT2D eigenvalue weighted by atomic mass is 15.3. The van der Waals surface area contributed by atoms with Gasteiger partial charge in [-0.05, 0) is 32.4 Å². The number of nitrogens with zero attached hydrogens (tertiary/aromatic N) is 4. The van der Waals surface area contributed by atoms with Crippen LogP contribution < -0.4 is 0 Å². The molecule has 0 atom stereocenters. The van der Waals surface area contributed by atoms with Crippen molar-refractivity contribution >= 4 is 17.5 Å². The average Bonchev–Trinajstić information content (AvgIpc) is 2.87. The second kappa shape index (κ2) is 7.08. The summed E-state index contributed by atoms with van der Waals surface area (Å²) >= 11 is 0. The van der Waals surface area contributed by atoms with Gasteiger partial charge in [-0.3, -0.25) is 0 Å². The number of para-hydroxylation sites is 1. The molecule has 20 heavy (non-hydrogen) atoms. The first-order valence-corrected chi connectivity index (χ1v) is 7.42. The Morgan fingerprint density at radius 3 is 2.45 bits per heavy atom. The lowest BCUT2D eigenvalue weighted by atomic mass is 10.3. The Kier molecular flexibility index (Phi) is 5.16. The highest BCUT2D eigenvalue weighted by Gasteiger charge is 2.16. The largest absolute Gasteiger partial charge is 0.363 e. The van der Waals surface area contributed by atoms with Crippen LogP contribution in [0.15, 0.2) is 40.3 Å². The molecule has 0 bridgehead atoms. The number of hydrogen-bond donors (Lipinski definition) is 0. The summed E-state index contributed by atoms with van der Waals surface area (Å²) in [6.07, 6.45) is 2.23. The van der Waals surface area contributed by atoms with E-state index in [0.717, 1.165) is 43.5 Å². The summed E-state index contributed by atoms with van der Waals surface area (Å²) in [6, 6.07) is 10.1. The lowest BCUT2D eigenvalue weighted by Gasteiger charge is -2.21. The standard InChI is InChI=1S/C16H24N4/c1-4-20(5-2)16(17-14-10-7-6-8-11-14)18-15-12-9-13-19(15)3/h6-8,10-11H,4-5,9,12-13H2,1-3H3/b17-16-,18-15-. The minimum Gasteiger partial charge on any atom is -0.363 e. The predicted molar refractivity (Wildman–Crippen MR) is 85.8 cm³/mol. The molecule has 0 radical (unpaired) electrons. The second-order valence-electron chi connectivity index (χ2n) is 4.97. The van der Waals surface area contributed by atoms with E-state index in [1.807, 2.05) is 30.3 Å². The van der Waals surface area contributed by atoms with Crippen molar-refractivity contribution in [1.29, 1.82) is 0 Å². The Morgan fingerprint density at radius 2 is 1.90 bits per heavy atom. The average molecular weight is 272 g/mol. The Morgan fingerprint density at radius 1 is 1.20 bits per heavy atom. The number of amidine groups is 1. The van der Waals surface area contributed by atoms with Gasteiger partial charge in [0.15, 0.2) is 0 Å². The predicted octanol–water partition coefficient (Wildman–Crippen LogP) is 3.14. The molecular formula is C16H24N4. The van der Waals surface area contributed by atoms with E-state index in [1.54, 1.807) is 0 Å². The Balaban J connectivity index is 2.32. The van der Waals surface area contributed by atoms with Crippen molar-refractivity contribution in [2.45, 2.75) is 26.7 Å². The van der Waals surface area contributed by atoms with Crippen LogP contribution in [0.5, 0.6) is 0 Å². The molecule has 0 unspecified atom stereocenters. The monoisotopic (exact) mass is 272 g/mol. The van der Waals surface area contributed by atoms with E-state index in [0.29, 0.717) is 0 Å². The molecule has 0 spiro atoms. The van der Waals surface area contributed by atoms with Crippen molar-refractivity contribution < 1.29 is 0 Å². The normalized spacial score (nSPS) is 17.9. The van der Waals surface area contributed by atoms with Crippen LogP contribution in [0.3, 0.4) is 0 Å². The molecule has 1 aliphatic rings. The van der Waals surface area contributed by atoms with Crippen LogP contribution in [0.2, 0.25) is 0 Å². The number of benzene rings is 1. The lowest BCUT2D eigenvalue weighted by Crippen LogP contribution is -2.31. The first-order chi connectivity index (χ1) is 9.74. The summed E-state index contributed by atoms with van der Waals surface area (Å²) in [7, 11) is 2.11. The number of aliphatic imine (C=N–C) groups is 2. The van der Waals surface area contributed by atoms with Crippen molar-refractivity contribution in [1.82, 2.24) is 9.80 Å². The summed E-state index contributed by atoms with van der Waals surface area (Å²) in [4.78, 5) is 14.0. The molecule has 0 aromatic heterocycles. The van der Waals surface area contributed by atoms with Gasteiger partial charge in [-0.25, -0.2) is 4.99 Å². The van der Waals surface area contributed by atoms with Crippen molar-refractivity contribution in [2.24, 2.45) is 9.98 Å². The van der Waals surface area contributed by atoms with Crippen molar-refractivity contribution in [3.05, 3.63) is 30.3 Å². The molecule has 2 rings (SSSR count). The fourth-order valence-electron chi connectivity index (χ4n) is 2.34. The van der Waals surface area contributed by atoms with Gasteiger partial charge in [0.25, 0.3) is 0 Å². The van der Waals surface area contributed by atoms with Crippen molar-refractivity contribution in [2.75, 3.05) is 26.7 Å². The van der Waals surface area contributed by atoms with Crippen LogP contribution in [-0.2, 0) is 0 Å². The van der Waals surface area contributed by atoms with E-state index in [1.165, 1.54) is 6.42 Å². The third-order valence-electron chi connectivity index (χ3n) is 3.60. The lowest BCUT2D eigenvalue weighted by molar-refractivity contribution is 0.459. The molecule has 1 aromatic rings. The van der Waals surface area contributed by atoms with Crippen LogP contribution >= 0.6 is 0 Å². The fourth-order valence-corrected chi connectivity index (χ4v) is 2.34. The molecule has 1 aliphatic heterocycles. The Labute approximate surface area is 121 Å². The second-order valence-corrected chi connectivity index (χ2v) is 4.97. The molecule has 0 amide bonds. The zero-order chi connectivity index (χ0) is 14.4. The molecular weight excluding hydrogens is 248 g/mol. The molecule has 4 nitrogen and oxygen atoms in total. The third kappa shape index (κ3) is 3.59. The summed E-state index contributed by atoms with van der Waals surface area (Å²) in [5.74, 6) is 1.97. The molecule has 1 heterocycles. The fraction of sp³-hybridized carbons (Fsp3) is 0.500. The van der Waals surface area contributed by atoms with Gasteiger partial charge in [-0.1, -0.05) is 18.2 Å². The smallest absolute Gasteiger partial charge is 0.227 e. The van der Waals surface area contributed by atoms with Crippen molar-refractivity contribution in [3.8, 4) is 0 Å². The summed E-state index contributed by atoms with van der Waals surface area (Å²) in [5, 5.41) is 0. The maximum Gasteiger partial charge on any atom is 0.227 e. The molecule has 0 saturated carbocycles. The van der Waals surface area contributed by atoms with Gasteiger partial charge in [-0.2, -0.15) is 4.99 Å². The molecule has 1 fully saturated rings. The zero-order valence-corrected chi connectivity index (χ0v) is 12.7. The minimum absolute atomic E-state index is 0.824. The van der Waals surface area contributed by atoms with Gasteiger partial charge < -0.3 is 9.80 Å². The molecule has 108 valence electrons. The van der Waals surface area contributed by atoms with Crippen LogP contribution in [0, 0.1) is 0 Å². The van der Waals surface area contributed by atoms with Gasteiger partial charge >= 0.3 is 0 Å². The molecule has 0 aliphatic carbocycles. The van der Waals surface area contributed by atoms with E-state index in [4.69, 9.17) is 9.98 Å². The van der Waals surface area contributed by atoms with Gasteiger partial charge in [0.2, 0.25) is 5.96 Å². The number of likely N-dealkylation sites (tertiary alicyclic amines) is 1. The third-order valence-corrected chi connectivity index (χ3v) is 3.60. The quantitative estimate of drug-likeness (QED) is 0.625. The van der Waals surface area contributed by atoms with E-state index in [-0.39, 0.29) is 0 Å². The highest BCUT2D eigenvalue weighted by molar-refractivity contribution is 5.97. The van der Waals surface area contributed by atoms with Gasteiger partial charge in [0.1, 0.15) is 5.84 Å². The number of hydrogen-bond acceptors (Lipinski definition) is 1. The van der Waals surface area contributed by atoms with E-state index < -0.39 is 0 Å². The van der Waals surface area contributed by atoms with E-state index >= 15 is 0 Å². The SMILES string of the molecule is CCN(CC)C(/N=C1/CCCN1C)=N\c1ccccc1.